The van der Waals surface area contributed by atoms with Crippen molar-refractivity contribution in [3.05, 3.63) is 24.3 Å². The molecule has 2 rings (SSSR count). The van der Waals surface area contributed by atoms with Gasteiger partial charge >= 0.3 is 0 Å². The summed E-state index contributed by atoms with van der Waals surface area (Å²) in [5, 5.41) is 0. The molecule has 1 aliphatic rings. The topological polar surface area (TPSA) is 72.5 Å². The van der Waals surface area contributed by atoms with Gasteiger partial charge in [0.1, 0.15) is 11.5 Å². The zero-order valence-corrected chi connectivity index (χ0v) is 11.6. The van der Waals surface area contributed by atoms with Crippen molar-refractivity contribution in [2.75, 3.05) is 7.11 Å². The van der Waals surface area contributed by atoms with Gasteiger partial charge in [0.05, 0.1) is 12.0 Å². The Morgan fingerprint density at radius 2 is 1.74 bits per heavy atom. The molecule has 0 heterocycles. The third-order valence-corrected chi connectivity index (χ3v) is 4.77. The predicted molar refractivity (Wildman–Crippen MR) is 70.6 cm³/mol. The van der Waals surface area contributed by atoms with E-state index in [0.29, 0.717) is 31.4 Å². The van der Waals surface area contributed by atoms with Gasteiger partial charge < -0.3 is 4.74 Å². The van der Waals surface area contributed by atoms with Gasteiger partial charge in [-0.2, -0.15) is 0 Å². The van der Waals surface area contributed by atoms with E-state index in [2.05, 4.69) is 4.72 Å². The van der Waals surface area contributed by atoms with Gasteiger partial charge in [0, 0.05) is 18.9 Å². The molecule has 19 heavy (non-hydrogen) atoms. The number of ketones is 1. The van der Waals surface area contributed by atoms with Gasteiger partial charge in [-0.05, 0) is 37.1 Å². The van der Waals surface area contributed by atoms with Crippen LogP contribution in [-0.4, -0.2) is 27.4 Å². The largest absolute Gasteiger partial charge is 0.497 e. The van der Waals surface area contributed by atoms with Crippen LogP contribution in [0.4, 0.5) is 0 Å². The van der Waals surface area contributed by atoms with Gasteiger partial charge in [-0.15, -0.1) is 0 Å². The number of Topliss-reactive ketones (excluding diaryl/α,β-unsaturated/α-hetero) is 1. The Morgan fingerprint density at radius 3 is 2.26 bits per heavy atom. The van der Waals surface area contributed by atoms with E-state index in [-0.39, 0.29) is 16.7 Å². The van der Waals surface area contributed by atoms with Gasteiger partial charge in [-0.1, -0.05) is 0 Å². The lowest BCUT2D eigenvalue weighted by molar-refractivity contribution is -0.120. The minimum atomic E-state index is -3.52. The molecule has 0 bridgehead atoms. The zero-order valence-electron chi connectivity index (χ0n) is 10.8. The van der Waals surface area contributed by atoms with Gasteiger partial charge in [0.15, 0.2) is 0 Å². The molecule has 0 aromatic heterocycles. The minimum absolute atomic E-state index is 0.148. The molecular weight excluding hydrogens is 266 g/mol. The molecule has 1 aromatic rings. The number of methoxy groups -OCH3 is 1. The SMILES string of the molecule is COc1ccc(S(=O)(=O)NC2CCC(=O)CC2)cc1. The molecule has 0 atom stereocenters. The molecule has 1 saturated carbocycles. The van der Waals surface area contributed by atoms with Crippen LogP contribution < -0.4 is 9.46 Å². The van der Waals surface area contributed by atoms with Gasteiger partial charge in [0.25, 0.3) is 0 Å². The van der Waals surface area contributed by atoms with Crippen LogP contribution in [-0.2, 0) is 14.8 Å². The number of nitrogens with one attached hydrogen (secondary N) is 1. The van der Waals surface area contributed by atoms with Gasteiger partial charge in [-0.25, -0.2) is 13.1 Å². The van der Waals surface area contributed by atoms with Crippen LogP contribution in [0.5, 0.6) is 5.75 Å². The normalized spacial score (nSPS) is 17.4. The molecule has 0 unspecified atom stereocenters. The van der Waals surface area contributed by atoms with Crippen LogP contribution in [0.1, 0.15) is 25.7 Å². The molecule has 0 aliphatic heterocycles. The summed E-state index contributed by atoms with van der Waals surface area (Å²) < 4.78 is 31.9. The summed E-state index contributed by atoms with van der Waals surface area (Å²) >= 11 is 0. The molecule has 1 N–H and O–H groups in total. The number of ether oxygens (including phenoxy) is 1. The average molecular weight is 283 g/mol. The fraction of sp³-hybridized carbons (Fsp3) is 0.462. The highest BCUT2D eigenvalue weighted by Crippen LogP contribution is 2.19. The Balaban J connectivity index is 2.06. The Kier molecular flexibility index (Phi) is 4.21. The van der Waals surface area contributed by atoms with Crippen LogP contribution in [0.25, 0.3) is 0 Å². The summed E-state index contributed by atoms with van der Waals surface area (Å²) in [7, 11) is -1.99. The number of carbonyl (C=O) groups is 1. The van der Waals surface area contributed by atoms with E-state index in [1.54, 1.807) is 12.1 Å². The Labute approximate surface area is 113 Å². The second kappa shape index (κ2) is 5.71. The maximum absolute atomic E-state index is 12.1. The number of hydrogen-bond donors (Lipinski definition) is 1. The van der Waals surface area contributed by atoms with Crippen LogP contribution >= 0.6 is 0 Å². The first-order valence-corrected chi connectivity index (χ1v) is 7.67. The second-order valence-electron chi connectivity index (χ2n) is 4.61. The summed E-state index contributed by atoms with van der Waals surface area (Å²) in [6.45, 7) is 0. The van der Waals surface area contributed by atoms with Crippen LogP contribution in [0.2, 0.25) is 0 Å². The van der Waals surface area contributed by atoms with Crippen molar-refractivity contribution in [2.45, 2.75) is 36.6 Å². The van der Waals surface area contributed by atoms with Crippen molar-refractivity contribution in [3.8, 4) is 5.75 Å². The van der Waals surface area contributed by atoms with Crippen LogP contribution in [0, 0.1) is 0 Å². The molecule has 6 heteroatoms. The highest BCUT2D eigenvalue weighted by molar-refractivity contribution is 7.89. The number of hydrogen-bond acceptors (Lipinski definition) is 4. The molecule has 1 aromatic carbocycles. The average Bonchev–Trinajstić information content (AvgIpc) is 2.41. The van der Waals surface area contributed by atoms with Crippen LogP contribution in [0.15, 0.2) is 29.2 Å². The molecule has 0 saturated heterocycles. The molecule has 0 amide bonds. The van der Waals surface area contributed by atoms with E-state index in [0.717, 1.165) is 0 Å². The van der Waals surface area contributed by atoms with E-state index in [1.165, 1.54) is 19.2 Å². The molecular formula is C13H17NO4S. The molecule has 1 fully saturated rings. The first-order valence-electron chi connectivity index (χ1n) is 6.19. The third-order valence-electron chi connectivity index (χ3n) is 3.23. The standard InChI is InChI=1S/C13H17NO4S/c1-18-12-6-8-13(9-7-12)19(16,17)14-10-2-4-11(15)5-3-10/h6-10,14H,2-5H2,1H3. The summed E-state index contributed by atoms with van der Waals surface area (Å²) in [5.41, 5.74) is 0. The maximum Gasteiger partial charge on any atom is 0.240 e. The summed E-state index contributed by atoms with van der Waals surface area (Å²) in [5.74, 6) is 0.821. The lowest BCUT2D eigenvalue weighted by atomic mass is 9.95. The van der Waals surface area contributed by atoms with E-state index in [1.807, 2.05) is 0 Å². The smallest absolute Gasteiger partial charge is 0.240 e. The lowest BCUT2D eigenvalue weighted by Crippen LogP contribution is -2.37. The van der Waals surface area contributed by atoms with Crippen molar-refractivity contribution >= 4 is 15.8 Å². The van der Waals surface area contributed by atoms with Crippen molar-refractivity contribution in [3.63, 3.8) is 0 Å². The summed E-state index contributed by atoms with van der Waals surface area (Å²) in [6, 6.07) is 6.09. The second-order valence-corrected chi connectivity index (χ2v) is 6.32. The molecule has 0 spiro atoms. The quantitative estimate of drug-likeness (QED) is 0.908. The van der Waals surface area contributed by atoms with Crippen molar-refractivity contribution in [1.29, 1.82) is 0 Å². The first kappa shape index (κ1) is 14.0. The third kappa shape index (κ3) is 3.54. The van der Waals surface area contributed by atoms with Gasteiger partial charge in [-0.3, -0.25) is 4.79 Å². The zero-order chi connectivity index (χ0) is 13.9. The van der Waals surface area contributed by atoms with E-state index < -0.39 is 10.0 Å². The maximum atomic E-state index is 12.1. The Hall–Kier alpha value is -1.40. The van der Waals surface area contributed by atoms with E-state index in [4.69, 9.17) is 4.74 Å². The first-order chi connectivity index (χ1) is 9.01. The highest BCUT2D eigenvalue weighted by Gasteiger charge is 2.24. The number of benzene rings is 1. The Morgan fingerprint density at radius 1 is 1.16 bits per heavy atom. The lowest BCUT2D eigenvalue weighted by Gasteiger charge is -2.22. The summed E-state index contributed by atoms with van der Waals surface area (Å²) in [4.78, 5) is 11.3. The van der Waals surface area contributed by atoms with E-state index in [9.17, 15) is 13.2 Å². The monoisotopic (exact) mass is 283 g/mol. The fourth-order valence-corrected chi connectivity index (χ4v) is 3.40. The van der Waals surface area contributed by atoms with Crippen molar-refractivity contribution in [2.24, 2.45) is 0 Å². The van der Waals surface area contributed by atoms with Crippen molar-refractivity contribution < 1.29 is 17.9 Å². The number of sulfonamides is 1. The molecule has 0 radical (unpaired) electrons. The minimum Gasteiger partial charge on any atom is -0.497 e. The molecule has 5 nitrogen and oxygen atoms in total. The highest BCUT2D eigenvalue weighted by atomic mass is 32.2. The summed E-state index contributed by atoms with van der Waals surface area (Å²) in [6.07, 6.45) is 2.06. The molecule has 1 aliphatic carbocycles. The predicted octanol–water partition coefficient (Wildman–Crippen LogP) is 1.49. The molecule has 104 valence electrons. The van der Waals surface area contributed by atoms with Crippen LogP contribution in [0.3, 0.4) is 0 Å². The van der Waals surface area contributed by atoms with E-state index >= 15 is 0 Å². The van der Waals surface area contributed by atoms with Crippen molar-refractivity contribution in [1.82, 2.24) is 4.72 Å². The number of carbonyl (C=O) groups excluding carboxylic acids is 1. The van der Waals surface area contributed by atoms with Gasteiger partial charge in [0.2, 0.25) is 10.0 Å². The Bertz CT molecular complexity index is 541. The number of rotatable bonds is 4. The fourth-order valence-electron chi connectivity index (χ4n) is 2.10.